The number of carbonyl (C=O) groups excluding carboxylic acids is 2. The molecule has 0 bridgehead atoms. The number of piperidine rings is 1. The SMILES string of the molecule is C=Cc1ccc(C(=O)Nc2ccc(F)c(C)c2)cc1C(F)(F)C(=O)N1CCC(O)CC1. The minimum Gasteiger partial charge on any atom is -0.393 e. The van der Waals surface area contributed by atoms with Crippen molar-refractivity contribution in [3.8, 4) is 0 Å². The van der Waals surface area contributed by atoms with E-state index in [1.807, 2.05) is 0 Å². The van der Waals surface area contributed by atoms with Crippen molar-refractivity contribution < 1.29 is 27.9 Å². The molecule has 0 aromatic heterocycles. The van der Waals surface area contributed by atoms with Crippen molar-refractivity contribution in [3.05, 3.63) is 71.0 Å². The first kappa shape index (κ1) is 22.6. The molecule has 31 heavy (non-hydrogen) atoms. The fourth-order valence-electron chi connectivity index (χ4n) is 3.46. The number of amides is 2. The maximum Gasteiger partial charge on any atom is 0.350 e. The molecular formula is C23H23F3N2O3. The van der Waals surface area contributed by atoms with Crippen LogP contribution in [0.2, 0.25) is 0 Å². The lowest BCUT2D eigenvalue weighted by Crippen LogP contribution is -2.47. The van der Waals surface area contributed by atoms with Gasteiger partial charge in [-0.2, -0.15) is 8.78 Å². The molecule has 2 aromatic rings. The number of alkyl halides is 2. The van der Waals surface area contributed by atoms with Gasteiger partial charge in [-0.3, -0.25) is 9.59 Å². The van der Waals surface area contributed by atoms with Crippen molar-refractivity contribution in [2.24, 2.45) is 0 Å². The molecule has 0 aliphatic carbocycles. The average molecular weight is 432 g/mol. The molecule has 3 rings (SSSR count). The second-order valence-corrected chi connectivity index (χ2v) is 7.52. The summed E-state index contributed by atoms with van der Waals surface area (Å²) in [6.07, 6.45) is 1.05. The standard InChI is InChI=1S/C23H23F3N2O3/c1-3-15-4-5-16(21(30)27-17-6-7-20(24)14(2)12-17)13-19(15)23(25,26)22(31)28-10-8-18(29)9-11-28/h3-7,12-13,18,29H,1,8-11H2,2H3,(H,27,30). The number of nitrogens with zero attached hydrogens (tertiary/aromatic N) is 1. The monoisotopic (exact) mass is 432 g/mol. The molecular weight excluding hydrogens is 409 g/mol. The highest BCUT2D eigenvalue weighted by atomic mass is 19.3. The van der Waals surface area contributed by atoms with E-state index in [1.54, 1.807) is 0 Å². The molecule has 0 spiro atoms. The molecule has 5 nitrogen and oxygen atoms in total. The predicted molar refractivity (Wildman–Crippen MR) is 111 cm³/mol. The molecule has 1 heterocycles. The molecule has 2 amide bonds. The molecule has 164 valence electrons. The number of anilines is 1. The van der Waals surface area contributed by atoms with Crippen LogP contribution in [-0.2, 0) is 10.7 Å². The summed E-state index contributed by atoms with van der Waals surface area (Å²) in [6, 6.07) is 7.61. The number of benzene rings is 2. The Hall–Kier alpha value is -3.13. The molecule has 0 radical (unpaired) electrons. The van der Waals surface area contributed by atoms with E-state index in [4.69, 9.17) is 0 Å². The van der Waals surface area contributed by atoms with Crippen LogP contribution in [-0.4, -0.2) is 41.0 Å². The van der Waals surface area contributed by atoms with Crippen LogP contribution in [0.4, 0.5) is 18.9 Å². The zero-order chi connectivity index (χ0) is 22.8. The number of nitrogens with one attached hydrogen (secondary N) is 1. The first-order valence-corrected chi connectivity index (χ1v) is 9.83. The Morgan fingerprint density at radius 1 is 1.19 bits per heavy atom. The zero-order valence-corrected chi connectivity index (χ0v) is 17.0. The van der Waals surface area contributed by atoms with Gasteiger partial charge in [-0.25, -0.2) is 4.39 Å². The molecule has 0 unspecified atom stereocenters. The lowest BCUT2D eigenvalue weighted by Gasteiger charge is -2.32. The van der Waals surface area contributed by atoms with Gasteiger partial charge in [-0.15, -0.1) is 0 Å². The Kier molecular flexibility index (Phi) is 6.50. The molecule has 1 fully saturated rings. The van der Waals surface area contributed by atoms with Crippen molar-refractivity contribution in [2.45, 2.75) is 31.8 Å². The number of aryl methyl sites for hydroxylation is 1. The van der Waals surface area contributed by atoms with E-state index in [1.165, 1.54) is 43.3 Å². The van der Waals surface area contributed by atoms with Crippen LogP contribution in [0.3, 0.4) is 0 Å². The molecule has 2 aromatic carbocycles. The third-order valence-corrected chi connectivity index (χ3v) is 5.31. The van der Waals surface area contributed by atoms with Crippen molar-refractivity contribution in [1.29, 1.82) is 0 Å². The largest absolute Gasteiger partial charge is 0.393 e. The molecule has 2 N–H and O–H groups in total. The van der Waals surface area contributed by atoms with E-state index in [2.05, 4.69) is 11.9 Å². The number of hydrogen-bond acceptors (Lipinski definition) is 3. The predicted octanol–water partition coefficient (Wildman–Crippen LogP) is 4.10. The fraction of sp³-hybridized carbons (Fsp3) is 0.304. The summed E-state index contributed by atoms with van der Waals surface area (Å²) >= 11 is 0. The van der Waals surface area contributed by atoms with Crippen LogP contribution in [0.25, 0.3) is 6.08 Å². The van der Waals surface area contributed by atoms with Gasteiger partial charge in [0.2, 0.25) is 0 Å². The van der Waals surface area contributed by atoms with E-state index in [-0.39, 0.29) is 37.1 Å². The normalized spacial score (nSPS) is 14.9. The quantitative estimate of drug-likeness (QED) is 0.747. The molecule has 1 aliphatic rings. The van der Waals surface area contributed by atoms with Crippen LogP contribution >= 0.6 is 0 Å². The lowest BCUT2D eigenvalue weighted by molar-refractivity contribution is -0.161. The summed E-state index contributed by atoms with van der Waals surface area (Å²) in [6.45, 7) is 5.12. The van der Waals surface area contributed by atoms with Crippen molar-refractivity contribution in [1.82, 2.24) is 4.90 Å². The smallest absolute Gasteiger partial charge is 0.350 e. The fourth-order valence-corrected chi connectivity index (χ4v) is 3.46. The minimum atomic E-state index is -3.88. The molecule has 0 atom stereocenters. The van der Waals surface area contributed by atoms with Gasteiger partial charge in [0.05, 0.1) is 6.10 Å². The van der Waals surface area contributed by atoms with Crippen LogP contribution in [0.15, 0.2) is 43.0 Å². The Labute approximate surface area is 178 Å². The Bertz CT molecular complexity index is 1020. The van der Waals surface area contributed by atoms with Crippen LogP contribution in [0, 0.1) is 12.7 Å². The molecule has 8 heteroatoms. The first-order chi connectivity index (χ1) is 14.6. The van der Waals surface area contributed by atoms with Gasteiger partial charge in [0.15, 0.2) is 0 Å². The highest BCUT2D eigenvalue weighted by molar-refractivity contribution is 6.05. The maximum atomic E-state index is 15.2. The van der Waals surface area contributed by atoms with E-state index in [9.17, 15) is 19.1 Å². The van der Waals surface area contributed by atoms with Crippen LogP contribution < -0.4 is 5.32 Å². The molecule has 0 saturated carbocycles. The average Bonchev–Trinajstić information content (AvgIpc) is 2.75. The highest BCUT2D eigenvalue weighted by Crippen LogP contribution is 2.35. The molecule has 1 saturated heterocycles. The van der Waals surface area contributed by atoms with Gasteiger partial charge in [0, 0.05) is 29.9 Å². The zero-order valence-electron chi connectivity index (χ0n) is 17.0. The first-order valence-electron chi connectivity index (χ1n) is 9.83. The molecule has 1 aliphatic heterocycles. The van der Waals surface area contributed by atoms with Crippen molar-refractivity contribution >= 4 is 23.6 Å². The number of likely N-dealkylation sites (tertiary alicyclic amines) is 1. The Morgan fingerprint density at radius 2 is 1.87 bits per heavy atom. The van der Waals surface area contributed by atoms with Gasteiger partial charge < -0.3 is 15.3 Å². The minimum absolute atomic E-state index is 0.0309. The van der Waals surface area contributed by atoms with Crippen molar-refractivity contribution in [3.63, 3.8) is 0 Å². The van der Waals surface area contributed by atoms with Gasteiger partial charge in [0.1, 0.15) is 5.82 Å². The van der Waals surface area contributed by atoms with Gasteiger partial charge >= 0.3 is 5.92 Å². The summed E-state index contributed by atoms with van der Waals surface area (Å²) in [5, 5.41) is 12.1. The van der Waals surface area contributed by atoms with Gasteiger partial charge in [-0.1, -0.05) is 18.7 Å². The van der Waals surface area contributed by atoms with Crippen molar-refractivity contribution in [2.75, 3.05) is 18.4 Å². The van der Waals surface area contributed by atoms with Crippen LogP contribution in [0.1, 0.15) is 39.9 Å². The summed E-state index contributed by atoms with van der Waals surface area (Å²) in [7, 11) is 0. The number of aliphatic hydroxyl groups excluding tert-OH is 1. The highest BCUT2D eigenvalue weighted by Gasteiger charge is 2.46. The second kappa shape index (κ2) is 8.93. The summed E-state index contributed by atoms with van der Waals surface area (Å²) in [5.74, 6) is -6.37. The summed E-state index contributed by atoms with van der Waals surface area (Å²) in [4.78, 5) is 26.2. The van der Waals surface area contributed by atoms with E-state index in [0.717, 1.165) is 11.0 Å². The Morgan fingerprint density at radius 3 is 2.48 bits per heavy atom. The lowest BCUT2D eigenvalue weighted by atomic mass is 9.96. The number of rotatable bonds is 5. The second-order valence-electron chi connectivity index (χ2n) is 7.52. The Balaban J connectivity index is 1.88. The van der Waals surface area contributed by atoms with Crippen LogP contribution in [0.5, 0.6) is 0 Å². The third-order valence-electron chi connectivity index (χ3n) is 5.31. The van der Waals surface area contributed by atoms with E-state index in [0.29, 0.717) is 11.3 Å². The summed E-state index contributed by atoms with van der Waals surface area (Å²) < 4.78 is 43.8. The maximum absolute atomic E-state index is 15.2. The van der Waals surface area contributed by atoms with Gasteiger partial charge in [-0.05, 0) is 61.2 Å². The number of aliphatic hydroxyl groups is 1. The third kappa shape index (κ3) is 4.80. The number of halogens is 3. The van der Waals surface area contributed by atoms with Gasteiger partial charge in [0.25, 0.3) is 11.8 Å². The topological polar surface area (TPSA) is 69.6 Å². The van der Waals surface area contributed by atoms with E-state index >= 15 is 8.78 Å². The number of carbonyl (C=O) groups is 2. The number of hydrogen-bond donors (Lipinski definition) is 2. The summed E-state index contributed by atoms with van der Waals surface area (Å²) in [5.41, 5.74) is -0.0347. The van der Waals surface area contributed by atoms with E-state index < -0.39 is 35.2 Å².